The number of carbonyl (C=O) groups is 1. The van der Waals surface area contributed by atoms with Crippen molar-refractivity contribution in [3.8, 4) is 11.7 Å². The summed E-state index contributed by atoms with van der Waals surface area (Å²) >= 11 is 0. The number of amides is 1. The number of carbonyl (C=O) groups excluding carboxylic acids is 1. The molecule has 2 aliphatic heterocycles. The number of aromatic nitrogens is 4. The number of nitrogens with one attached hydrogen (secondary N) is 2. The number of pyridine rings is 2. The SMILES string of the molecule is [2H]C([2H])(COc1ccn(-c2ccc3c(n2)N2C[C@@H](CCCNc4cccc(n4)S(=O)(=O)NC3=O)CC2(C)C)n1)C([2H])([2H])C1(C(F)(F)F)CC1. The number of rotatable bonds is 6. The molecule has 1 atom stereocenters. The zero-order valence-electron chi connectivity index (χ0n) is 28.7. The van der Waals surface area contributed by atoms with Crippen LogP contribution in [0.4, 0.5) is 24.8 Å². The number of halogens is 3. The molecule has 3 aromatic heterocycles. The molecule has 0 unspecified atom stereocenters. The minimum atomic E-state index is -4.92. The number of fused-ring (bicyclic) bond motifs is 6. The van der Waals surface area contributed by atoms with Gasteiger partial charge < -0.3 is 15.0 Å². The Bertz CT molecular complexity index is 1870. The molecule has 3 aliphatic rings. The Balaban J connectivity index is 1.30. The smallest absolute Gasteiger partial charge is 0.394 e. The molecule has 242 valence electrons. The van der Waals surface area contributed by atoms with Crippen LogP contribution in [0.5, 0.6) is 5.88 Å². The largest absolute Gasteiger partial charge is 0.477 e. The van der Waals surface area contributed by atoms with Gasteiger partial charge in [0.2, 0.25) is 5.88 Å². The highest BCUT2D eigenvalue weighted by Crippen LogP contribution is 2.60. The molecule has 0 radical (unpaired) electrons. The molecule has 1 amide bonds. The van der Waals surface area contributed by atoms with E-state index in [4.69, 9.17) is 15.2 Å². The van der Waals surface area contributed by atoms with Crippen LogP contribution >= 0.6 is 0 Å². The minimum absolute atomic E-state index is 0.0112. The van der Waals surface area contributed by atoms with Crippen LogP contribution in [-0.4, -0.2) is 65.5 Å². The van der Waals surface area contributed by atoms with Crippen molar-refractivity contribution in [2.24, 2.45) is 11.3 Å². The monoisotopic (exact) mass is 651 g/mol. The highest BCUT2D eigenvalue weighted by atomic mass is 32.2. The molecule has 5 heterocycles. The number of ether oxygens (including phenoxy) is 1. The third kappa shape index (κ3) is 6.44. The summed E-state index contributed by atoms with van der Waals surface area (Å²) in [5.74, 6) is -0.112. The Morgan fingerprint density at radius 3 is 2.71 bits per heavy atom. The number of anilines is 2. The van der Waals surface area contributed by atoms with Crippen molar-refractivity contribution in [2.45, 2.75) is 75.4 Å². The van der Waals surface area contributed by atoms with Crippen LogP contribution in [0.3, 0.4) is 0 Å². The predicted octanol–water partition coefficient (Wildman–Crippen LogP) is 5.09. The maximum atomic E-state index is 13.7. The molecule has 45 heavy (non-hydrogen) atoms. The van der Waals surface area contributed by atoms with Gasteiger partial charge in [0.05, 0.1) is 17.6 Å². The lowest BCUT2D eigenvalue weighted by atomic mass is 9.93. The minimum Gasteiger partial charge on any atom is -0.477 e. The van der Waals surface area contributed by atoms with Crippen molar-refractivity contribution >= 4 is 27.6 Å². The van der Waals surface area contributed by atoms with Crippen LogP contribution in [-0.2, 0) is 10.0 Å². The molecule has 11 nitrogen and oxygen atoms in total. The summed E-state index contributed by atoms with van der Waals surface area (Å²) in [5, 5.41) is 7.04. The lowest BCUT2D eigenvalue weighted by molar-refractivity contribution is -0.189. The highest BCUT2D eigenvalue weighted by Gasteiger charge is 2.62. The number of hydrogen-bond acceptors (Lipinski definition) is 9. The molecule has 1 saturated heterocycles. The number of alkyl halides is 3. The third-order valence-electron chi connectivity index (χ3n) is 8.35. The maximum absolute atomic E-state index is 13.7. The van der Waals surface area contributed by atoms with Crippen molar-refractivity contribution in [3.63, 3.8) is 0 Å². The molecule has 0 aromatic carbocycles. The molecule has 1 saturated carbocycles. The van der Waals surface area contributed by atoms with Crippen LogP contribution < -0.4 is 19.7 Å². The van der Waals surface area contributed by atoms with Crippen LogP contribution in [0.15, 0.2) is 47.6 Å². The quantitative estimate of drug-likeness (QED) is 0.374. The van der Waals surface area contributed by atoms with Crippen LogP contribution in [0.25, 0.3) is 5.82 Å². The van der Waals surface area contributed by atoms with Gasteiger partial charge in [-0.2, -0.15) is 21.6 Å². The van der Waals surface area contributed by atoms with Gasteiger partial charge in [-0.25, -0.2) is 19.4 Å². The van der Waals surface area contributed by atoms with Crippen LogP contribution in [0.1, 0.15) is 74.5 Å². The fourth-order valence-electron chi connectivity index (χ4n) is 5.83. The first-order valence-electron chi connectivity index (χ1n) is 16.6. The lowest BCUT2D eigenvalue weighted by Gasteiger charge is -2.34. The van der Waals surface area contributed by atoms with E-state index in [-0.39, 0.29) is 34.0 Å². The number of hydrogen-bond donors (Lipinski definition) is 2. The highest BCUT2D eigenvalue weighted by molar-refractivity contribution is 7.90. The van der Waals surface area contributed by atoms with Crippen molar-refractivity contribution in [2.75, 3.05) is 29.9 Å². The predicted molar refractivity (Wildman–Crippen MR) is 160 cm³/mol. The van der Waals surface area contributed by atoms with Gasteiger partial charge in [0.1, 0.15) is 11.6 Å². The summed E-state index contributed by atoms with van der Waals surface area (Å²) in [6.07, 6.45) is -8.38. The van der Waals surface area contributed by atoms with E-state index in [1.54, 1.807) is 6.07 Å². The van der Waals surface area contributed by atoms with Gasteiger partial charge in [-0.05, 0) is 88.9 Å². The Morgan fingerprint density at radius 1 is 1.16 bits per heavy atom. The van der Waals surface area contributed by atoms with Gasteiger partial charge in [0.25, 0.3) is 15.9 Å². The second-order valence-corrected chi connectivity index (χ2v) is 13.8. The molecule has 4 bridgehead atoms. The van der Waals surface area contributed by atoms with E-state index >= 15 is 0 Å². The fraction of sp³-hybridized carbons (Fsp3) is 0.533. The van der Waals surface area contributed by atoms with Gasteiger partial charge in [0.15, 0.2) is 10.8 Å². The van der Waals surface area contributed by atoms with Crippen molar-refractivity contribution in [3.05, 3.63) is 48.2 Å². The first-order chi connectivity index (χ1) is 22.8. The van der Waals surface area contributed by atoms with E-state index in [1.807, 2.05) is 18.7 Å². The van der Waals surface area contributed by atoms with Crippen LogP contribution in [0.2, 0.25) is 0 Å². The average molecular weight is 652 g/mol. The van der Waals surface area contributed by atoms with Gasteiger partial charge in [-0.1, -0.05) is 6.07 Å². The molecule has 15 heteroatoms. The van der Waals surface area contributed by atoms with Crippen molar-refractivity contribution in [1.82, 2.24) is 24.5 Å². The average Bonchev–Trinajstić information content (AvgIpc) is 3.64. The molecule has 6 rings (SSSR count). The Kier molecular flexibility index (Phi) is 6.72. The maximum Gasteiger partial charge on any atom is 0.394 e. The van der Waals surface area contributed by atoms with Gasteiger partial charge in [-0.3, -0.25) is 4.79 Å². The van der Waals surface area contributed by atoms with Gasteiger partial charge in [0, 0.05) is 36.4 Å². The fourth-order valence-corrected chi connectivity index (χ4v) is 6.77. The summed E-state index contributed by atoms with van der Waals surface area (Å²) in [6.45, 7) is 4.09. The van der Waals surface area contributed by atoms with Crippen molar-refractivity contribution in [1.29, 1.82) is 0 Å². The Morgan fingerprint density at radius 2 is 1.96 bits per heavy atom. The molecule has 2 N–H and O–H groups in total. The topological polar surface area (TPSA) is 131 Å². The zero-order chi connectivity index (χ0) is 35.6. The van der Waals surface area contributed by atoms with Crippen LogP contribution in [0, 0.1) is 11.3 Å². The van der Waals surface area contributed by atoms with Gasteiger partial charge in [-0.15, -0.1) is 5.10 Å². The molecule has 0 spiro atoms. The van der Waals surface area contributed by atoms with E-state index in [9.17, 15) is 26.4 Å². The number of nitrogens with zero attached hydrogens (tertiary/aromatic N) is 5. The first kappa shape index (κ1) is 26.3. The van der Waals surface area contributed by atoms with Gasteiger partial charge >= 0.3 is 6.18 Å². The van der Waals surface area contributed by atoms with E-state index < -0.39 is 65.3 Å². The molecular formula is C30H36F3N7O4S. The summed E-state index contributed by atoms with van der Waals surface area (Å²) in [6, 6.07) is 8.63. The Hall–Kier alpha value is -3.88. The number of sulfonamides is 1. The first-order valence-corrected chi connectivity index (χ1v) is 16.1. The molecular weight excluding hydrogens is 611 g/mol. The van der Waals surface area contributed by atoms with E-state index in [2.05, 4.69) is 20.1 Å². The molecule has 1 aliphatic carbocycles. The second-order valence-electron chi connectivity index (χ2n) is 12.2. The standard InChI is InChI=1S/C30H36F3N7O4S/c1-28(2)18-20-6-4-15-34-22-7-3-8-25(35-22)45(42,43)38-27(41)21-9-10-23(36-26(21)39(28)19-20)40-16-11-24(37-40)44-17-5-12-29(13-14-29)30(31,32)33/h3,7-11,16,20H,4-6,12-15,17-19H2,1-2H3,(H,34,35)(H,38,41)/t20-/m0/s1/i5D2,12D2. The Labute approximate surface area is 265 Å². The van der Waals surface area contributed by atoms with E-state index in [0.717, 1.165) is 19.3 Å². The van der Waals surface area contributed by atoms with E-state index in [0.29, 0.717) is 18.9 Å². The summed E-state index contributed by atoms with van der Waals surface area (Å²) in [5.41, 5.74) is -3.27. The normalized spacial score (nSPS) is 23.9. The summed E-state index contributed by atoms with van der Waals surface area (Å²) < 4.78 is 109. The third-order valence-corrected chi connectivity index (χ3v) is 9.59. The summed E-state index contributed by atoms with van der Waals surface area (Å²) in [7, 11) is -4.37. The molecule has 3 aromatic rings. The zero-order valence-corrected chi connectivity index (χ0v) is 25.5. The summed E-state index contributed by atoms with van der Waals surface area (Å²) in [4.78, 5) is 24.5. The lowest BCUT2D eigenvalue weighted by Crippen LogP contribution is -2.41. The van der Waals surface area contributed by atoms with Crippen molar-refractivity contribution < 1.29 is 36.6 Å². The second kappa shape index (κ2) is 11.5. The molecule has 2 fully saturated rings. The van der Waals surface area contributed by atoms with E-state index in [1.165, 1.54) is 41.2 Å².